The lowest BCUT2D eigenvalue weighted by molar-refractivity contribution is -0.122. The number of benzene rings is 1. The van der Waals surface area contributed by atoms with E-state index in [1.165, 1.54) is 0 Å². The number of hydrogen-bond acceptors (Lipinski definition) is 3. The maximum absolute atomic E-state index is 11.4. The lowest BCUT2D eigenvalue weighted by atomic mass is 10.1. The average molecular weight is 235 g/mol. The van der Waals surface area contributed by atoms with E-state index in [1.807, 2.05) is 24.3 Å². The molecule has 0 aliphatic rings. The summed E-state index contributed by atoms with van der Waals surface area (Å²) in [4.78, 5) is 13.5. The van der Waals surface area contributed by atoms with E-state index in [0.29, 0.717) is 12.6 Å². The molecule has 0 spiro atoms. The molecule has 0 saturated heterocycles. The van der Waals surface area contributed by atoms with Gasteiger partial charge in [0.2, 0.25) is 5.91 Å². The number of amides is 1. The van der Waals surface area contributed by atoms with Gasteiger partial charge in [0.25, 0.3) is 0 Å². The fourth-order valence-electron chi connectivity index (χ4n) is 1.61. The minimum Gasteiger partial charge on any atom is -0.399 e. The van der Waals surface area contributed by atoms with Crippen LogP contribution in [0.5, 0.6) is 0 Å². The third-order valence-electron chi connectivity index (χ3n) is 2.69. The summed E-state index contributed by atoms with van der Waals surface area (Å²) in [6.07, 6.45) is 0. The van der Waals surface area contributed by atoms with Crippen LogP contribution in [0.1, 0.15) is 19.4 Å². The number of anilines is 1. The molecule has 1 aromatic carbocycles. The SMILES string of the molecule is CNC(=O)CN(Cc1cccc(N)c1)C(C)C. The van der Waals surface area contributed by atoms with E-state index in [-0.39, 0.29) is 5.91 Å². The molecule has 0 heterocycles. The minimum atomic E-state index is 0.0302. The predicted molar refractivity (Wildman–Crippen MR) is 70.5 cm³/mol. The average Bonchev–Trinajstić information content (AvgIpc) is 2.27. The van der Waals surface area contributed by atoms with Gasteiger partial charge in [0.1, 0.15) is 0 Å². The molecule has 94 valence electrons. The minimum absolute atomic E-state index is 0.0302. The molecule has 4 heteroatoms. The zero-order chi connectivity index (χ0) is 12.8. The third kappa shape index (κ3) is 4.44. The normalized spacial score (nSPS) is 10.9. The Labute approximate surface area is 103 Å². The standard InChI is InChI=1S/C13H21N3O/c1-10(2)16(9-13(17)15-3)8-11-5-4-6-12(14)7-11/h4-7,10H,8-9,14H2,1-3H3,(H,15,17). The Morgan fingerprint density at radius 1 is 1.47 bits per heavy atom. The fourth-order valence-corrected chi connectivity index (χ4v) is 1.61. The summed E-state index contributed by atoms with van der Waals surface area (Å²) < 4.78 is 0. The maximum Gasteiger partial charge on any atom is 0.233 e. The fraction of sp³-hybridized carbons (Fsp3) is 0.462. The Morgan fingerprint density at radius 3 is 2.71 bits per heavy atom. The molecule has 0 saturated carbocycles. The summed E-state index contributed by atoms with van der Waals surface area (Å²) in [6, 6.07) is 8.08. The number of nitrogen functional groups attached to an aromatic ring is 1. The van der Waals surface area contributed by atoms with E-state index in [2.05, 4.69) is 24.1 Å². The van der Waals surface area contributed by atoms with Crippen LogP contribution in [0, 0.1) is 0 Å². The Bertz CT molecular complexity index is 377. The van der Waals surface area contributed by atoms with Crippen LogP contribution in [0.25, 0.3) is 0 Å². The van der Waals surface area contributed by atoms with E-state index in [0.717, 1.165) is 17.8 Å². The van der Waals surface area contributed by atoms with Crippen molar-refractivity contribution in [2.75, 3.05) is 19.3 Å². The lowest BCUT2D eigenvalue weighted by Gasteiger charge is -2.25. The van der Waals surface area contributed by atoms with E-state index in [1.54, 1.807) is 7.05 Å². The van der Waals surface area contributed by atoms with Crippen LogP contribution >= 0.6 is 0 Å². The number of carbonyl (C=O) groups excluding carboxylic acids is 1. The van der Waals surface area contributed by atoms with E-state index >= 15 is 0 Å². The molecule has 0 aromatic heterocycles. The van der Waals surface area contributed by atoms with Gasteiger partial charge < -0.3 is 11.1 Å². The van der Waals surface area contributed by atoms with Crippen molar-refractivity contribution in [1.82, 2.24) is 10.2 Å². The van der Waals surface area contributed by atoms with Crippen LogP contribution in [0.3, 0.4) is 0 Å². The van der Waals surface area contributed by atoms with Gasteiger partial charge in [0.05, 0.1) is 6.54 Å². The number of nitrogens with zero attached hydrogens (tertiary/aromatic N) is 1. The number of nitrogens with two attached hydrogens (primary N) is 1. The molecule has 1 amide bonds. The van der Waals surface area contributed by atoms with Crippen LogP contribution in [-0.4, -0.2) is 30.4 Å². The molecule has 1 aromatic rings. The Kier molecular flexibility index (Phi) is 4.97. The summed E-state index contributed by atoms with van der Waals surface area (Å²) in [5.74, 6) is 0.0302. The van der Waals surface area contributed by atoms with Gasteiger partial charge in [-0.2, -0.15) is 0 Å². The van der Waals surface area contributed by atoms with Gasteiger partial charge >= 0.3 is 0 Å². The van der Waals surface area contributed by atoms with Crippen molar-refractivity contribution >= 4 is 11.6 Å². The highest BCUT2D eigenvalue weighted by Gasteiger charge is 2.13. The van der Waals surface area contributed by atoms with Crippen molar-refractivity contribution in [1.29, 1.82) is 0 Å². The Morgan fingerprint density at radius 2 is 2.18 bits per heavy atom. The molecular formula is C13H21N3O. The lowest BCUT2D eigenvalue weighted by Crippen LogP contribution is -2.39. The highest BCUT2D eigenvalue weighted by atomic mass is 16.1. The molecule has 3 N–H and O–H groups in total. The van der Waals surface area contributed by atoms with Crippen molar-refractivity contribution in [2.45, 2.75) is 26.4 Å². The van der Waals surface area contributed by atoms with E-state index in [4.69, 9.17) is 5.73 Å². The van der Waals surface area contributed by atoms with Crippen LogP contribution in [-0.2, 0) is 11.3 Å². The summed E-state index contributed by atoms with van der Waals surface area (Å²) >= 11 is 0. The number of rotatable bonds is 5. The molecule has 17 heavy (non-hydrogen) atoms. The second-order valence-electron chi connectivity index (χ2n) is 4.42. The summed E-state index contributed by atoms with van der Waals surface area (Å²) in [5.41, 5.74) is 7.62. The van der Waals surface area contributed by atoms with Crippen molar-refractivity contribution in [3.05, 3.63) is 29.8 Å². The number of carbonyl (C=O) groups is 1. The molecule has 0 fully saturated rings. The maximum atomic E-state index is 11.4. The molecule has 0 unspecified atom stereocenters. The van der Waals surface area contributed by atoms with Crippen LogP contribution in [0.2, 0.25) is 0 Å². The number of likely N-dealkylation sites (N-methyl/N-ethyl adjacent to an activating group) is 1. The zero-order valence-corrected chi connectivity index (χ0v) is 10.7. The Hall–Kier alpha value is -1.55. The molecule has 0 radical (unpaired) electrons. The molecular weight excluding hydrogens is 214 g/mol. The van der Waals surface area contributed by atoms with Crippen molar-refractivity contribution in [3.63, 3.8) is 0 Å². The van der Waals surface area contributed by atoms with E-state index < -0.39 is 0 Å². The summed E-state index contributed by atoms with van der Waals surface area (Å²) in [6.45, 7) is 5.30. The highest BCUT2D eigenvalue weighted by Crippen LogP contribution is 2.11. The first-order valence-electron chi connectivity index (χ1n) is 5.82. The van der Waals surface area contributed by atoms with Crippen molar-refractivity contribution in [3.8, 4) is 0 Å². The molecule has 0 aliphatic carbocycles. The number of hydrogen-bond donors (Lipinski definition) is 2. The molecule has 0 bridgehead atoms. The first-order chi connectivity index (χ1) is 8.02. The smallest absolute Gasteiger partial charge is 0.233 e. The van der Waals surface area contributed by atoms with Gasteiger partial charge in [0.15, 0.2) is 0 Å². The summed E-state index contributed by atoms with van der Waals surface area (Å²) in [7, 11) is 1.65. The first-order valence-corrected chi connectivity index (χ1v) is 5.82. The van der Waals surface area contributed by atoms with Gasteiger partial charge in [-0.3, -0.25) is 9.69 Å². The highest BCUT2D eigenvalue weighted by molar-refractivity contribution is 5.77. The predicted octanol–water partition coefficient (Wildman–Crippen LogP) is 1.23. The number of nitrogens with one attached hydrogen (secondary N) is 1. The third-order valence-corrected chi connectivity index (χ3v) is 2.69. The van der Waals surface area contributed by atoms with Gasteiger partial charge in [-0.1, -0.05) is 12.1 Å². The summed E-state index contributed by atoms with van der Waals surface area (Å²) in [5, 5.41) is 2.64. The monoisotopic (exact) mass is 235 g/mol. The van der Waals surface area contributed by atoms with Crippen molar-refractivity contribution < 1.29 is 4.79 Å². The van der Waals surface area contributed by atoms with Crippen LogP contribution in [0.4, 0.5) is 5.69 Å². The van der Waals surface area contributed by atoms with Crippen LogP contribution < -0.4 is 11.1 Å². The first kappa shape index (κ1) is 13.5. The topological polar surface area (TPSA) is 58.4 Å². The van der Waals surface area contributed by atoms with Crippen LogP contribution in [0.15, 0.2) is 24.3 Å². The molecule has 0 aliphatic heterocycles. The van der Waals surface area contributed by atoms with E-state index in [9.17, 15) is 4.79 Å². The molecule has 1 rings (SSSR count). The van der Waals surface area contributed by atoms with Gasteiger partial charge in [0, 0.05) is 25.3 Å². The largest absolute Gasteiger partial charge is 0.399 e. The van der Waals surface area contributed by atoms with Gasteiger partial charge in [-0.15, -0.1) is 0 Å². The molecule has 0 atom stereocenters. The zero-order valence-electron chi connectivity index (χ0n) is 10.7. The second-order valence-corrected chi connectivity index (χ2v) is 4.42. The van der Waals surface area contributed by atoms with Crippen molar-refractivity contribution in [2.24, 2.45) is 0 Å². The molecule has 4 nitrogen and oxygen atoms in total. The van der Waals surface area contributed by atoms with Gasteiger partial charge in [-0.05, 0) is 31.5 Å². The Balaban J connectivity index is 2.70. The quantitative estimate of drug-likeness (QED) is 0.755. The van der Waals surface area contributed by atoms with Gasteiger partial charge in [-0.25, -0.2) is 0 Å². The second kappa shape index (κ2) is 6.25.